The highest BCUT2D eigenvalue weighted by Gasteiger charge is 2.20. The average Bonchev–Trinajstić information content (AvgIpc) is 3.29. The molecule has 0 atom stereocenters. The molecule has 2 heterocycles. The van der Waals surface area contributed by atoms with Crippen molar-refractivity contribution >= 4 is 61.8 Å². The molecule has 2 aromatic heterocycles. The summed E-state index contributed by atoms with van der Waals surface area (Å²) in [5, 5.41) is 9.81. The van der Waals surface area contributed by atoms with Crippen LogP contribution in [0.2, 0.25) is 10.0 Å². The van der Waals surface area contributed by atoms with Crippen molar-refractivity contribution < 1.29 is 17.6 Å². The molecule has 5 rings (SSSR count). The first kappa shape index (κ1) is 25.6. The molecule has 13 heteroatoms. The topological polar surface area (TPSA) is 130 Å². The lowest BCUT2D eigenvalue weighted by Gasteiger charge is -2.10. The third-order valence-corrected chi connectivity index (χ3v) is 7.72. The van der Waals surface area contributed by atoms with E-state index in [0.29, 0.717) is 28.0 Å². The molecule has 3 aromatic carbocycles. The van der Waals surface area contributed by atoms with Gasteiger partial charge in [0.15, 0.2) is 17.0 Å². The Bertz CT molecular complexity index is 1810. The fraction of sp³-hybridized carbons (Fsp3) is 0.0400. The Labute approximate surface area is 226 Å². The lowest BCUT2D eigenvalue weighted by Crippen LogP contribution is -2.14. The van der Waals surface area contributed by atoms with Gasteiger partial charge in [-0.05, 0) is 48.9 Å². The second-order valence-corrected chi connectivity index (χ2v) is 10.6. The molecule has 0 radical (unpaired) electrons. The Morgan fingerprint density at radius 2 is 1.82 bits per heavy atom. The van der Waals surface area contributed by atoms with E-state index in [0.717, 1.165) is 6.07 Å². The van der Waals surface area contributed by atoms with Gasteiger partial charge in [-0.25, -0.2) is 22.8 Å². The largest absolute Gasteiger partial charge is 0.303 e. The maximum Gasteiger partial charge on any atom is 0.264 e. The number of hydrogen-bond donors (Lipinski definition) is 3. The Morgan fingerprint density at radius 3 is 2.58 bits per heavy atom. The van der Waals surface area contributed by atoms with Gasteiger partial charge in [0.1, 0.15) is 10.7 Å². The minimum Gasteiger partial charge on any atom is -0.303 e. The van der Waals surface area contributed by atoms with Crippen LogP contribution in [0.15, 0.2) is 71.8 Å². The molecule has 0 aliphatic carbocycles. The number of nitrogens with one attached hydrogen (secondary N) is 3. The van der Waals surface area contributed by atoms with Crippen molar-refractivity contribution in [3.05, 3.63) is 93.8 Å². The van der Waals surface area contributed by atoms with Gasteiger partial charge in [-0.15, -0.1) is 0 Å². The minimum atomic E-state index is -4.12. The number of aryl methyl sites for hydroxylation is 1. The predicted octanol–water partition coefficient (Wildman–Crippen LogP) is 5.83. The SMILES string of the molecule is Cc1ccc(F)c(S(=O)(=O)Nc2ccc(-c3cnc4c(NC(=O)c5cccc(Cl)c5Cl)n[nH]c4n3)cc2)c1. The molecule has 0 unspecified atom stereocenters. The first-order chi connectivity index (χ1) is 18.1. The number of sulfonamides is 1. The van der Waals surface area contributed by atoms with Gasteiger partial charge in [0.2, 0.25) is 0 Å². The Balaban J connectivity index is 1.35. The highest BCUT2D eigenvalue weighted by atomic mass is 35.5. The third kappa shape index (κ3) is 5.03. The van der Waals surface area contributed by atoms with Crippen LogP contribution in [0.3, 0.4) is 0 Å². The Hall–Kier alpha value is -4.06. The fourth-order valence-corrected chi connectivity index (χ4v) is 5.23. The van der Waals surface area contributed by atoms with Crippen LogP contribution >= 0.6 is 23.2 Å². The molecule has 5 aromatic rings. The number of amides is 1. The van der Waals surface area contributed by atoms with Gasteiger partial charge in [-0.3, -0.25) is 14.6 Å². The monoisotopic (exact) mass is 570 g/mol. The molecule has 0 aliphatic heterocycles. The van der Waals surface area contributed by atoms with Crippen LogP contribution in [0.5, 0.6) is 0 Å². The highest BCUT2D eigenvalue weighted by molar-refractivity contribution is 7.92. The summed E-state index contributed by atoms with van der Waals surface area (Å²) in [7, 11) is -4.12. The molecule has 0 saturated carbocycles. The van der Waals surface area contributed by atoms with Crippen LogP contribution in [-0.2, 0) is 10.0 Å². The number of benzene rings is 3. The second kappa shape index (κ2) is 10.0. The molecular formula is C25H17Cl2FN6O3S. The average molecular weight is 571 g/mol. The quantitative estimate of drug-likeness (QED) is 0.235. The van der Waals surface area contributed by atoms with Gasteiger partial charge in [0.25, 0.3) is 15.9 Å². The summed E-state index contributed by atoms with van der Waals surface area (Å²) in [5.41, 5.74) is 2.78. The first-order valence-corrected chi connectivity index (χ1v) is 13.2. The number of H-pyrrole nitrogens is 1. The van der Waals surface area contributed by atoms with E-state index in [1.54, 1.807) is 31.2 Å². The van der Waals surface area contributed by atoms with E-state index in [-0.39, 0.29) is 27.1 Å². The first-order valence-electron chi connectivity index (χ1n) is 11.0. The normalized spacial score (nSPS) is 11.5. The van der Waals surface area contributed by atoms with Gasteiger partial charge in [0.05, 0.1) is 27.5 Å². The summed E-state index contributed by atoms with van der Waals surface area (Å²) in [6.07, 6.45) is 1.49. The van der Waals surface area contributed by atoms with E-state index >= 15 is 0 Å². The summed E-state index contributed by atoms with van der Waals surface area (Å²) >= 11 is 12.1. The number of nitrogens with zero attached hydrogens (tertiary/aromatic N) is 3. The summed E-state index contributed by atoms with van der Waals surface area (Å²) in [5.74, 6) is -1.19. The molecule has 38 heavy (non-hydrogen) atoms. The van der Waals surface area contributed by atoms with E-state index < -0.39 is 26.6 Å². The summed E-state index contributed by atoms with van der Waals surface area (Å²) in [6, 6.07) is 14.9. The van der Waals surface area contributed by atoms with Crippen molar-refractivity contribution in [3.63, 3.8) is 0 Å². The van der Waals surface area contributed by atoms with Crippen molar-refractivity contribution in [2.24, 2.45) is 0 Å². The highest BCUT2D eigenvalue weighted by Crippen LogP contribution is 2.28. The lowest BCUT2D eigenvalue weighted by molar-refractivity contribution is 0.102. The van der Waals surface area contributed by atoms with E-state index in [4.69, 9.17) is 23.2 Å². The Kier molecular flexibility index (Phi) is 6.74. The number of rotatable bonds is 6. The van der Waals surface area contributed by atoms with Gasteiger partial charge < -0.3 is 5.32 Å². The molecule has 1 amide bonds. The molecule has 3 N–H and O–H groups in total. The van der Waals surface area contributed by atoms with Crippen molar-refractivity contribution in [2.45, 2.75) is 11.8 Å². The molecule has 192 valence electrons. The van der Waals surface area contributed by atoms with Gasteiger partial charge >= 0.3 is 0 Å². The van der Waals surface area contributed by atoms with E-state index in [1.807, 2.05) is 0 Å². The third-order valence-electron chi connectivity index (χ3n) is 5.51. The lowest BCUT2D eigenvalue weighted by atomic mass is 10.1. The molecule has 0 bridgehead atoms. The number of hydrogen-bond acceptors (Lipinski definition) is 6. The summed E-state index contributed by atoms with van der Waals surface area (Å²) < 4.78 is 41.8. The van der Waals surface area contributed by atoms with Crippen LogP contribution < -0.4 is 10.0 Å². The number of anilines is 2. The van der Waals surface area contributed by atoms with Crippen LogP contribution in [0.4, 0.5) is 15.9 Å². The van der Waals surface area contributed by atoms with Gasteiger partial charge in [-0.2, -0.15) is 5.10 Å². The number of carbonyl (C=O) groups excluding carboxylic acids is 1. The number of fused-ring (bicyclic) bond motifs is 1. The molecule has 0 fully saturated rings. The van der Waals surface area contributed by atoms with Gasteiger partial charge in [-0.1, -0.05) is 47.5 Å². The maximum atomic E-state index is 14.1. The smallest absolute Gasteiger partial charge is 0.264 e. The van der Waals surface area contributed by atoms with Crippen LogP contribution in [-0.4, -0.2) is 34.5 Å². The molecule has 0 saturated heterocycles. The van der Waals surface area contributed by atoms with Crippen LogP contribution in [0.25, 0.3) is 22.4 Å². The zero-order valence-corrected chi connectivity index (χ0v) is 21.8. The van der Waals surface area contributed by atoms with Crippen LogP contribution in [0.1, 0.15) is 15.9 Å². The maximum absolute atomic E-state index is 14.1. The zero-order valence-electron chi connectivity index (χ0n) is 19.5. The number of aromatic nitrogens is 4. The predicted molar refractivity (Wildman–Crippen MR) is 143 cm³/mol. The van der Waals surface area contributed by atoms with E-state index in [2.05, 4.69) is 30.2 Å². The van der Waals surface area contributed by atoms with Crippen molar-refractivity contribution in [1.29, 1.82) is 0 Å². The van der Waals surface area contributed by atoms with E-state index in [1.165, 1.54) is 36.5 Å². The second-order valence-electron chi connectivity index (χ2n) is 8.20. The van der Waals surface area contributed by atoms with Crippen molar-refractivity contribution in [1.82, 2.24) is 20.2 Å². The van der Waals surface area contributed by atoms with Crippen LogP contribution in [0, 0.1) is 12.7 Å². The Morgan fingerprint density at radius 1 is 1.05 bits per heavy atom. The van der Waals surface area contributed by atoms with Crippen molar-refractivity contribution in [3.8, 4) is 11.3 Å². The molecule has 0 spiro atoms. The number of carbonyl (C=O) groups is 1. The number of halogens is 3. The number of aromatic amines is 1. The molecule has 0 aliphatic rings. The van der Waals surface area contributed by atoms with Crippen molar-refractivity contribution in [2.75, 3.05) is 10.0 Å². The summed E-state index contributed by atoms with van der Waals surface area (Å²) in [6.45, 7) is 1.68. The van der Waals surface area contributed by atoms with Gasteiger partial charge in [0, 0.05) is 11.3 Å². The standard InChI is InChI=1S/C25H17Cl2FN6O3S/c1-13-5-10-18(28)20(11-13)38(36,37)34-15-8-6-14(7-9-15)19-12-29-22-23(30-19)32-33-24(22)31-25(35)16-3-2-4-17(26)21(16)27/h2-12,34H,1H3,(H2,30,31,32,33,35). The fourth-order valence-electron chi connectivity index (χ4n) is 3.62. The zero-order chi connectivity index (χ0) is 27.0. The minimum absolute atomic E-state index is 0.120. The molecule has 9 nitrogen and oxygen atoms in total. The van der Waals surface area contributed by atoms with E-state index in [9.17, 15) is 17.6 Å². The summed E-state index contributed by atoms with van der Waals surface area (Å²) in [4.78, 5) is 21.1. The molecular weight excluding hydrogens is 554 g/mol.